The number of rotatable bonds is 5. The molecule has 0 aliphatic carbocycles. The SMILES string of the molecule is Cc1cc(C)c2nc(N(CCN3CCOCC3)C(=O)c3ccc4ccccc4c3)sc2c1. The Kier molecular flexibility index (Phi) is 5.91. The van der Waals surface area contributed by atoms with Crippen molar-refractivity contribution in [1.82, 2.24) is 9.88 Å². The molecule has 5 nitrogen and oxygen atoms in total. The average Bonchev–Trinajstić information content (AvgIpc) is 3.23. The molecule has 0 saturated carbocycles. The first kappa shape index (κ1) is 21.1. The summed E-state index contributed by atoms with van der Waals surface area (Å²) in [5.41, 5.74) is 4.04. The van der Waals surface area contributed by atoms with Crippen molar-refractivity contribution in [2.45, 2.75) is 13.8 Å². The number of thiazole rings is 1. The Morgan fingerprint density at radius 3 is 2.66 bits per heavy atom. The van der Waals surface area contributed by atoms with Crippen molar-refractivity contribution in [1.29, 1.82) is 0 Å². The predicted molar refractivity (Wildman–Crippen MR) is 132 cm³/mol. The van der Waals surface area contributed by atoms with Crippen LogP contribution in [0.1, 0.15) is 21.5 Å². The maximum absolute atomic E-state index is 13.7. The normalized spacial score (nSPS) is 14.8. The number of morpholine rings is 1. The number of fused-ring (bicyclic) bond motifs is 2. The van der Waals surface area contributed by atoms with Crippen LogP contribution in [-0.2, 0) is 4.74 Å². The van der Waals surface area contributed by atoms with Gasteiger partial charge in [-0.1, -0.05) is 47.7 Å². The van der Waals surface area contributed by atoms with E-state index in [-0.39, 0.29) is 5.91 Å². The second-order valence-corrected chi connectivity index (χ2v) is 9.41. The Labute approximate surface area is 192 Å². The van der Waals surface area contributed by atoms with Crippen LogP contribution in [0.25, 0.3) is 21.0 Å². The summed E-state index contributed by atoms with van der Waals surface area (Å²) in [6, 6.07) is 18.4. The van der Waals surface area contributed by atoms with Gasteiger partial charge in [0.2, 0.25) is 0 Å². The molecule has 0 unspecified atom stereocenters. The molecule has 5 rings (SSSR count). The van der Waals surface area contributed by atoms with E-state index in [1.54, 1.807) is 11.3 Å². The van der Waals surface area contributed by atoms with E-state index in [0.717, 1.165) is 64.5 Å². The molecule has 1 aliphatic heterocycles. The number of aryl methyl sites for hydroxylation is 2. The zero-order chi connectivity index (χ0) is 22.1. The van der Waals surface area contributed by atoms with Crippen molar-refractivity contribution in [3.05, 3.63) is 71.3 Å². The monoisotopic (exact) mass is 445 g/mol. The fourth-order valence-electron chi connectivity index (χ4n) is 4.30. The number of benzene rings is 3. The van der Waals surface area contributed by atoms with E-state index < -0.39 is 0 Å². The lowest BCUT2D eigenvalue weighted by atomic mass is 10.1. The van der Waals surface area contributed by atoms with Gasteiger partial charge < -0.3 is 4.74 Å². The third-order valence-corrected chi connectivity index (χ3v) is 7.06. The van der Waals surface area contributed by atoms with Crippen LogP contribution in [0.5, 0.6) is 0 Å². The summed E-state index contributed by atoms with van der Waals surface area (Å²) in [6.45, 7) is 8.88. The van der Waals surface area contributed by atoms with Gasteiger partial charge in [0.25, 0.3) is 5.91 Å². The largest absolute Gasteiger partial charge is 0.379 e. The van der Waals surface area contributed by atoms with E-state index in [4.69, 9.17) is 9.72 Å². The van der Waals surface area contributed by atoms with Crippen LogP contribution >= 0.6 is 11.3 Å². The minimum Gasteiger partial charge on any atom is -0.379 e. The van der Waals surface area contributed by atoms with E-state index in [1.165, 1.54) is 5.56 Å². The van der Waals surface area contributed by atoms with E-state index in [9.17, 15) is 4.79 Å². The Hall–Kier alpha value is -2.80. The fourth-order valence-corrected chi connectivity index (χ4v) is 5.47. The molecule has 0 N–H and O–H groups in total. The summed E-state index contributed by atoms with van der Waals surface area (Å²) in [5.74, 6) is -0.00237. The lowest BCUT2D eigenvalue weighted by Gasteiger charge is -2.29. The number of carbonyl (C=O) groups excluding carboxylic acids is 1. The summed E-state index contributed by atoms with van der Waals surface area (Å²) < 4.78 is 6.61. The molecule has 2 heterocycles. The van der Waals surface area contributed by atoms with Crippen molar-refractivity contribution in [2.24, 2.45) is 0 Å². The minimum absolute atomic E-state index is 0.00237. The summed E-state index contributed by atoms with van der Waals surface area (Å²) in [7, 11) is 0. The Morgan fingerprint density at radius 2 is 1.84 bits per heavy atom. The van der Waals surface area contributed by atoms with Crippen LogP contribution < -0.4 is 4.90 Å². The molecular weight excluding hydrogens is 418 g/mol. The second kappa shape index (κ2) is 8.98. The average molecular weight is 446 g/mol. The van der Waals surface area contributed by atoms with Gasteiger partial charge in [-0.3, -0.25) is 14.6 Å². The first-order valence-corrected chi connectivity index (χ1v) is 11.9. The summed E-state index contributed by atoms with van der Waals surface area (Å²) in [4.78, 5) is 22.9. The molecule has 0 atom stereocenters. The van der Waals surface area contributed by atoms with Gasteiger partial charge in [0, 0.05) is 31.7 Å². The van der Waals surface area contributed by atoms with Crippen LogP contribution in [-0.4, -0.2) is 55.2 Å². The zero-order valence-electron chi connectivity index (χ0n) is 18.5. The smallest absolute Gasteiger partial charge is 0.260 e. The van der Waals surface area contributed by atoms with Gasteiger partial charge >= 0.3 is 0 Å². The lowest BCUT2D eigenvalue weighted by molar-refractivity contribution is 0.0391. The van der Waals surface area contributed by atoms with E-state index in [0.29, 0.717) is 12.1 Å². The van der Waals surface area contributed by atoms with Gasteiger partial charge in [0.15, 0.2) is 5.13 Å². The van der Waals surface area contributed by atoms with Gasteiger partial charge in [-0.15, -0.1) is 0 Å². The lowest BCUT2D eigenvalue weighted by Crippen LogP contribution is -2.43. The Balaban J connectivity index is 1.50. The van der Waals surface area contributed by atoms with Crippen LogP contribution in [0.3, 0.4) is 0 Å². The number of hydrogen-bond donors (Lipinski definition) is 0. The zero-order valence-corrected chi connectivity index (χ0v) is 19.3. The highest BCUT2D eigenvalue weighted by Crippen LogP contribution is 2.32. The standard InChI is InChI=1S/C26H27N3O2S/c1-18-15-19(2)24-23(16-18)32-26(27-24)29(10-9-28-11-13-31-14-12-28)25(30)22-8-7-20-5-3-4-6-21(20)17-22/h3-8,15-17H,9-14H2,1-2H3. The van der Waals surface area contributed by atoms with Crippen LogP contribution in [0.4, 0.5) is 5.13 Å². The van der Waals surface area contributed by atoms with Crippen LogP contribution in [0, 0.1) is 13.8 Å². The quantitative estimate of drug-likeness (QED) is 0.431. The van der Waals surface area contributed by atoms with Crippen LogP contribution in [0.15, 0.2) is 54.6 Å². The maximum atomic E-state index is 13.7. The molecule has 6 heteroatoms. The molecule has 164 valence electrons. The molecule has 0 bridgehead atoms. The van der Waals surface area contributed by atoms with Gasteiger partial charge in [0.05, 0.1) is 23.4 Å². The molecule has 1 amide bonds. The van der Waals surface area contributed by atoms with Gasteiger partial charge in [-0.2, -0.15) is 0 Å². The number of anilines is 1. The molecule has 1 fully saturated rings. The summed E-state index contributed by atoms with van der Waals surface area (Å²) in [6.07, 6.45) is 0. The third-order valence-electron chi connectivity index (χ3n) is 6.03. The van der Waals surface area contributed by atoms with Gasteiger partial charge in [-0.25, -0.2) is 4.98 Å². The predicted octanol–water partition coefficient (Wildman–Crippen LogP) is 5.05. The Morgan fingerprint density at radius 1 is 1.06 bits per heavy atom. The molecule has 3 aromatic carbocycles. The third kappa shape index (κ3) is 4.26. The van der Waals surface area contributed by atoms with Crippen molar-refractivity contribution in [2.75, 3.05) is 44.3 Å². The number of nitrogens with zero attached hydrogens (tertiary/aromatic N) is 3. The van der Waals surface area contributed by atoms with Crippen molar-refractivity contribution < 1.29 is 9.53 Å². The van der Waals surface area contributed by atoms with Gasteiger partial charge in [0.1, 0.15) is 0 Å². The maximum Gasteiger partial charge on any atom is 0.260 e. The molecule has 1 saturated heterocycles. The van der Waals surface area contributed by atoms with E-state index in [1.807, 2.05) is 41.3 Å². The van der Waals surface area contributed by atoms with E-state index in [2.05, 4.69) is 36.9 Å². The highest BCUT2D eigenvalue weighted by molar-refractivity contribution is 7.22. The molecule has 4 aromatic rings. The highest BCUT2D eigenvalue weighted by Gasteiger charge is 2.23. The van der Waals surface area contributed by atoms with Gasteiger partial charge in [-0.05, 0) is 53.9 Å². The molecule has 0 radical (unpaired) electrons. The summed E-state index contributed by atoms with van der Waals surface area (Å²) >= 11 is 1.60. The van der Waals surface area contributed by atoms with Crippen LogP contribution in [0.2, 0.25) is 0 Å². The molecule has 32 heavy (non-hydrogen) atoms. The summed E-state index contributed by atoms with van der Waals surface area (Å²) in [5, 5.41) is 2.97. The molecular formula is C26H27N3O2S. The van der Waals surface area contributed by atoms with E-state index >= 15 is 0 Å². The van der Waals surface area contributed by atoms with Crippen molar-refractivity contribution >= 4 is 43.4 Å². The Bertz CT molecular complexity index is 1280. The highest BCUT2D eigenvalue weighted by atomic mass is 32.1. The molecule has 0 spiro atoms. The number of amides is 1. The van der Waals surface area contributed by atoms with Crippen molar-refractivity contribution in [3.8, 4) is 0 Å². The first-order valence-electron chi connectivity index (χ1n) is 11.1. The molecule has 1 aromatic heterocycles. The number of aromatic nitrogens is 1. The number of carbonyl (C=O) groups is 1. The fraction of sp³-hybridized carbons (Fsp3) is 0.308. The topological polar surface area (TPSA) is 45.7 Å². The first-order chi connectivity index (χ1) is 15.6. The number of hydrogen-bond acceptors (Lipinski definition) is 5. The van der Waals surface area contributed by atoms with Crippen molar-refractivity contribution in [3.63, 3.8) is 0 Å². The number of ether oxygens (including phenoxy) is 1. The molecule has 1 aliphatic rings. The minimum atomic E-state index is -0.00237. The second-order valence-electron chi connectivity index (χ2n) is 8.40.